The van der Waals surface area contributed by atoms with Crippen molar-refractivity contribution in [2.75, 3.05) is 7.05 Å². The average molecular weight is 201 g/mol. The summed E-state index contributed by atoms with van der Waals surface area (Å²) < 4.78 is 13.0. The Morgan fingerprint density at radius 3 is 2.69 bits per heavy atom. The summed E-state index contributed by atoms with van der Waals surface area (Å²) in [6.07, 6.45) is 0. The number of hydrogen-bond donors (Lipinski definition) is 1. The van der Waals surface area contributed by atoms with Crippen molar-refractivity contribution in [1.29, 1.82) is 5.26 Å². The van der Waals surface area contributed by atoms with Crippen LogP contribution in [0.3, 0.4) is 0 Å². The highest BCUT2D eigenvalue weighted by atomic mass is 35.5. The van der Waals surface area contributed by atoms with Crippen LogP contribution in [-0.4, -0.2) is 7.05 Å². The number of nitrogens with one attached hydrogen (secondary N) is 1. The summed E-state index contributed by atoms with van der Waals surface area (Å²) in [6, 6.07) is 6.34. The standard InChI is InChI=1S/C9H9FN2.ClH/c1-12-6-8-3-2-7(5-11)4-9(8)10;/h2-4,12H,6H2,1H3;1H. The molecule has 0 radical (unpaired) electrons. The van der Waals surface area contributed by atoms with Crippen molar-refractivity contribution >= 4 is 12.4 Å². The second kappa shape index (κ2) is 5.52. The predicted octanol–water partition coefficient (Wildman–Crippen LogP) is 1.84. The second-order valence-corrected chi connectivity index (χ2v) is 2.45. The Morgan fingerprint density at radius 1 is 1.54 bits per heavy atom. The van der Waals surface area contributed by atoms with E-state index < -0.39 is 0 Å². The number of nitrogens with zero attached hydrogens (tertiary/aromatic N) is 1. The van der Waals surface area contributed by atoms with Crippen LogP contribution in [-0.2, 0) is 6.54 Å². The molecule has 0 aliphatic carbocycles. The lowest BCUT2D eigenvalue weighted by atomic mass is 10.1. The van der Waals surface area contributed by atoms with E-state index in [-0.39, 0.29) is 18.2 Å². The Balaban J connectivity index is 0.00000144. The van der Waals surface area contributed by atoms with Gasteiger partial charge in [0.2, 0.25) is 0 Å². The summed E-state index contributed by atoms with van der Waals surface area (Å²) in [4.78, 5) is 0. The van der Waals surface area contributed by atoms with Crippen LogP contribution in [0, 0.1) is 17.1 Å². The van der Waals surface area contributed by atoms with E-state index in [9.17, 15) is 4.39 Å². The minimum atomic E-state index is -0.330. The molecule has 0 spiro atoms. The first-order valence-corrected chi connectivity index (χ1v) is 3.61. The van der Waals surface area contributed by atoms with Crippen LogP contribution in [0.25, 0.3) is 0 Å². The van der Waals surface area contributed by atoms with Gasteiger partial charge in [0.05, 0.1) is 11.6 Å². The Hall–Kier alpha value is -1.11. The van der Waals surface area contributed by atoms with E-state index in [0.717, 1.165) is 0 Å². The summed E-state index contributed by atoms with van der Waals surface area (Å²) in [5.41, 5.74) is 0.934. The molecule has 0 unspecified atom stereocenters. The summed E-state index contributed by atoms with van der Waals surface area (Å²) in [7, 11) is 1.75. The first-order valence-electron chi connectivity index (χ1n) is 3.61. The molecular weight excluding hydrogens is 191 g/mol. The van der Waals surface area contributed by atoms with Crippen molar-refractivity contribution in [2.45, 2.75) is 6.54 Å². The highest BCUT2D eigenvalue weighted by Crippen LogP contribution is 2.09. The Morgan fingerprint density at radius 2 is 2.23 bits per heavy atom. The van der Waals surface area contributed by atoms with E-state index in [0.29, 0.717) is 17.7 Å². The number of halogens is 2. The monoisotopic (exact) mass is 200 g/mol. The highest BCUT2D eigenvalue weighted by Gasteiger charge is 2.01. The summed E-state index contributed by atoms with van der Waals surface area (Å²) in [5.74, 6) is -0.330. The van der Waals surface area contributed by atoms with E-state index in [1.807, 2.05) is 6.07 Å². The first kappa shape index (κ1) is 11.9. The third-order valence-corrected chi connectivity index (χ3v) is 1.55. The number of rotatable bonds is 2. The summed E-state index contributed by atoms with van der Waals surface area (Å²) >= 11 is 0. The predicted molar refractivity (Wildman–Crippen MR) is 51.1 cm³/mol. The molecule has 70 valence electrons. The fourth-order valence-corrected chi connectivity index (χ4v) is 0.951. The van der Waals surface area contributed by atoms with Crippen LogP contribution < -0.4 is 5.32 Å². The maximum Gasteiger partial charge on any atom is 0.129 e. The van der Waals surface area contributed by atoms with Gasteiger partial charge in [-0.1, -0.05) is 6.07 Å². The van der Waals surface area contributed by atoms with Crippen LogP contribution in [0.15, 0.2) is 18.2 Å². The van der Waals surface area contributed by atoms with Crippen molar-refractivity contribution in [3.8, 4) is 6.07 Å². The maximum absolute atomic E-state index is 13.0. The fourth-order valence-electron chi connectivity index (χ4n) is 0.951. The smallest absolute Gasteiger partial charge is 0.129 e. The van der Waals surface area contributed by atoms with Crippen molar-refractivity contribution in [3.05, 3.63) is 35.1 Å². The molecule has 1 rings (SSSR count). The molecule has 0 atom stereocenters. The van der Waals surface area contributed by atoms with Gasteiger partial charge in [-0.2, -0.15) is 5.26 Å². The molecular formula is C9H10ClFN2. The van der Waals surface area contributed by atoms with Crippen molar-refractivity contribution in [3.63, 3.8) is 0 Å². The van der Waals surface area contributed by atoms with Gasteiger partial charge in [0.15, 0.2) is 0 Å². The average Bonchev–Trinajstić information content (AvgIpc) is 2.09. The van der Waals surface area contributed by atoms with Crippen LogP contribution in [0.2, 0.25) is 0 Å². The number of benzene rings is 1. The molecule has 0 heterocycles. The normalized spacial score (nSPS) is 8.69. The van der Waals surface area contributed by atoms with Gasteiger partial charge < -0.3 is 5.32 Å². The second-order valence-electron chi connectivity index (χ2n) is 2.45. The van der Waals surface area contributed by atoms with Gasteiger partial charge in [0.1, 0.15) is 5.82 Å². The van der Waals surface area contributed by atoms with Crippen LogP contribution in [0.1, 0.15) is 11.1 Å². The molecule has 0 aromatic heterocycles. The summed E-state index contributed by atoms with van der Waals surface area (Å²) in [6.45, 7) is 0.484. The van der Waals surface area contributed by atoms with Gasteiger partial charge in [-0.05, 0) is 19.2 Å². The van der Waals surface area contributed by atoms with Gasteiger partial charge in [-0.15, -0.1) is 12.4 Å². The zero-order valence-corrected chi connectivity index (χ0v) is 7.99. The fraction of sp³-hybridized carbons (Fsp3) is 0.222. The minimum absolute atomic E-state index is 0. The van der Waals surface area contributed by atoms with E-state index in [2.05, 4.69) is 5.32 Å². The number of hydrogen-bond acceptors (Lipinski definition) is 2. The van der Waals surface area contributed by atoms with Gasteiger partial charge in [-0.25, -0.2) is 4.39 Å². The van der Waals surface area contributed by atoms with Crippen molar-refractivity contribution < 1.29 is 4.39 Å². The largest absolute Gasteiger partial charge is 0.316 e. The molecule has 0 amide bonds. The molecule has 1 aromatic rings. The zero-order chi connectivity index (χ0) is 8.97. The molecule has 1 N–H and O–H groups in total. The highest BCUT2D eigenvalue weighted by molar-refractivity contribution is 5.85. The third kappa shape index (κ3) is 3.02. The molecule has 4 heteroatoms. The lowest BCUT2D eigenvalue weighted by Gasteiger charge is -2.00. The van der Waals surface area contributed by atoms with E-state index in [4.69, 9.17) is 5.26 Å². The molecule has 0 saturated carbocycles. The molecule has 2 nitrogen and oxygen atoms in total. The first-order chi connectivity index (χ1) is 5.77. The van der Waals surface area contributed by atoms with Gasteiger partial charge >= 0.3 is 0 Å². The molecule has 0 fully saturated rings. The quantitative estimate of drug-likeness (QED) is 0.791. The van der Waals surface area contributed by atoms with E-state index in [1.165, 1.54) is 6.07 Å². The van der Waals surface area contributed by atoms with E-state index >= 15 is 0 Å². The van der Waals surface area contributed by atoms with Gasteiger partial charge in [0, 0.05) is 12.1 Å². The van der Waals surface area contributed by atoms with Crippen LogP contribution in [0.4, 0.5) is 4.39 Å². The van der Waals surface area contributed by atoms with Crippen LogP contribution in [0.5, 0.6) is 0 Å². The van der Waals surface area contributed by atoms with Crippen molar-refractivity contribution in [1.82, 2.24) is 5.32 Å². The summed E-state index contributed by atoms with van der Waals surface area (Å²) in [5, 5.41) is 11.3. The molecule has 0 aliphatic heterocycles. The lowest BCUT2D eigenvalue weighted by Crippen LogP contribution is -2.06. The SMILES string of the molecule is CNCc1ccc(C#N)cc1F.Cl. The minimum Gasteiger partial charge on any atom is -0.316 e. The molecule has 0 saturated heterocycles. The maximum atomic E-state index is 13.0. The third-order valence-electron chi connectivity index (χ3n) is 1.55. The van der Waals surface area contributed by atoms with Gasteiger partial charge in [0.25, 0.3) is 0 Å². The Bertz CT molecular complexity index is 320. The number of nitriles is 1. The zero-order valence-electron chi connectivity index (χ0n) is 7.17. The van der Waals surface area contributed by atoms with E-state index in [1.54, 1.807) is 19.2 Å². The Labute approximate surface area is 82.8 Å². The molecule has 1 aromatic carbocycles. The van der Waals surface area contributed by atoms with Crippen molar-refractivity contribution in [2.24, 2.45) is 0 Å². The molecule has 0 bridgehead atoms. The lowest BCUT2D eigenvalue weighted by molar-refractivity contribution is 0.600. The van der Waals surface area contributed by atoms with Crippen LogP contribution >= 0.6 is 12.4 Å². The Kier molecular flexibility index (Phi) is 5.05. The molecule has 13 heavy (non-hydrogen) atoms. The molecule has 0 aliphatic rings. The topological polar surface area (TPSA) is 35.8 Å². The van der Waals surface area contributed by atoms with Gasteiger partial charge in [-0.3, -0.25) is 0 Å².